The molecule has 30 heavy (non-hydrogen) atoms. The summed E-state index contributed by atoms with van der Waals surface area (Å²) in [5.41, 5.74) is 7.93. The van der Waals surface area contributed by atoms with Gasteiger partial charge in [0.2, 0.25) is 0 Å². The fourth-order valence-corrected chi connectivity index (χ4v) is 2.70. The van der Waals surface area contributed by atoms with E-state index in [0.29, 0.717) is 16.8 Å². The van der Waals surface area contributed by atoms with Gasteiger partial charge in [-0.05, 0) is 54.5 Å². The van der Waals surface area contributed by atoms with Crippen LogP contribution in [0.5, 0.6) is 0 Å². The van der Waals surface area contributed by atoms with Gasteiger partial charge in [-0.3, -0.25) is 25.2 Å². The first-order valence-electron chi connectivity index (χ1n) is 9.33. The van der Waals surface area contributed by atoms with Crippen molar-refractivity contribution >= 4 is 29.5 Å². The molecular weight excluding hydrogens is 378 g/mol. The molecule has 0 bridgehead atoms. The summed E-state index contributed by atoms with van der Waals surface area (Å²) in [5, 5.41) is 2.80. The van der Waals surface area contributed by atoms with Crippen LogP contribution in [0.3, 0.4) is 0 Å². The van der Waals surface area contributed by atoms with Crippen molar-refractivity contribution in [3.63, 3.8) is 0 Å². The van der Waals surface area contributed by atoms with Crippen molar-refractivity contribution in [2.45, 2.75) is 6.92 Å². The fourth-order valence-electron chi connectivity index (χ4n) is 2.70. The van der Waals surface area contributed by atoms with Crippen LogP contribution >= 0.6 is 0 Å². The molecule has 0 radical (unpaired) electrons. The van der Waals surface area contributed by atoms with Gasteiger partial charge < -0.3 is 5.32 Å². The summed E-state index contributed by atoms with van der Waals surface area (Å²) in [7, 11) is 0. The number of hydrogen-bond donors (Lipinski definition) is 3. The van der Waals surface area contributed by atoms with E-state index in [0.717, 1.165) is 11.1 Å². The summed E-state index contributed by atoms with van der Waals surface area (Å²) in [6.07, 6.45) is 2.98. The second kappa shape index (κ2) is 9.84. The van der Waals surface area contributed by atoms with E-state index >= 15 is 0 Å². The molecule has 0 aliphatic rings. The highest BCUT2D eigenvalue weighted by atomic mass is 16.2. The second-order valence-corrected chi connectivity index (χ2v) is 6.53. The maximum Gasteiger partial charge on any atom is 0.269 e. The van der Waals surface area contributed by atoms with Crippen molar-refractivity contribution in [2.75, 3.05) is 5.32 Å². The van der Waals surface area contributed by atoms with Gasteiger partial charge in [0.05, 0.1) is 0 Å². The van der Waals surface area contributed by atoms with Crippen molar-refractivity contribution in [2.24, 2.45) is 0 Å². The van der Waals surface area contributed by atoms with Gasteiger partial charge in [-0.25, -0.2) is 0 Å². The Morgan fingerprint density at radius 2 is 1.40 bits per heavy atom. The summed E-state index contributed by atoms with van der Waals surface area (Å²) < 4.78 is 0. The van der Waals surface area contributed by atoms with Gasteiger partial charge in [-0.1, -0.05) is 48.5 Å². The molecule has 0 atom stereocenters. The number of carbonyl (C=O) groups is 3. The van der Waals surface area contributed by atoms with Gasteiger partial charge in [0.25, 0.3) is 17.7 Å². The summed E-state index contributed by atoms with van der Waals surface area (Å²) in [6.45, 7) is 1.87. The molecule has 0 aliphatic heterocycles. The Morgan fingerprint density at radius 1 is 0.733 bits per heavy atom. The largest absolute Gasteiger partial charge is 0.322 e. The normalized spacial score (nSPS) is 10.4. The zero-order valence-electron chi connectivity index (χ0n) is 16.4. The van der Waals surface area contributed by atoms with Gasteiger partial charge in [0, 0.05) is 22.9 Å². The van der Waals surface area contributed by atoms with Crippen LogP contribution in [0.4, 0.5) is 5.69 Å². The lowest BCUT2D eigenvalue weighted by Gasteiger charge is -2.09. The Kier molecular flexibility index (Phi) is 6.74. The van der Waals surface area contributed by atoms with Gasteiger partial charge in [-0.2, -0.15) is 0 Å². The van der Waals surface area contributed by atoms with Crippen LogP contribution < -0.4 is 16.2 Å². The summed E-state index contributed by atoms with van der Waals surface area (Å²) in [4.78, 5) is 36.4. The van der Waals surface area contributed by atoms with Crippen LogP contribution in [0, 0.1) is 6.92 Å². The first kappa shape index (κ1) is 20.5. The number of aryl methyl sites for hydroxylation is 1. The van der Waals surface area contributed by atoms with Crippen molar-refractivity contribution in [1.82, 2.24) is 10.9 Å². The quantitative estimate of drug-likeness (QED) is 0.451. The van der Waals surface area contributed by atoms with Crippen LogP contribution in [0.2, 0.25) is 0 Å². The molecule has 150 valence electrons. The SMILES string of the molecule is Cc1ccccc1C(=O)Nc1ccc(C(=O)NNC(=O)/C=C/c2ccccc2)cc1. The molecule has 3 N–H and O–H groups in total. The lowest BCUT2D eigenvalue weighted by Crippen LogP contribution is -2.40. The van der Waals surface area contributed by atoms with E-state index in [1.807, 2.05) is 49.4 Å². The predicted octanol–water partition coefficient (Wildman–Crippen LogP) is 3.72. The average molecular weight is 399 g/mol. The highest BCUT2D eigenvalue weighted by Crippen LogP contribution is 2.13. The third-order valence-electron chi connectivity index (χ3n) is 4.32. The zero-order valence-corrected chi connectivity index (χ0v) is 16.4. The van der Waals surface area contributed by atoms with Crippen molar-refractivity contribution in [3.05, 3.63) is 107 Å². The smallest absolute Gasteiger partial charge is 0.269 e. The number of anilines is 1. The molecule has 0 unspecified atom stereocenters. The molecule has 0 aliphatic carbocycles. The third kappa shape index (κ3) is 5.65. The Bertz CT molecular complexity index is 1070. The number of amides is 3. The van der Waals surface area contributed by atoms with Crippen LogP contribution in [-0.4, -0.2) is 17.7 Å². The summed E-state index contributed by atoms with van der Waals surface area (Å²) >= 11 is 0. The van der Waals surface area contributed by atoms with E-state index in [4.69, 9.17) is 0 Å². The van der Waals surface area contributed by atoms with Gasteiger partial charge in [-0.15, -0.1) is 0 Å². The Balaban J connectivity index is 1.52. The number of nitrogens with one attached hydrogen (secondary N) is 3. The molecule has 3 aromatic carbocycles. The highest BCUT2D eigenvalue weighted by molar-refractivity contribution is 6.05. The number of hydrazine groups is 1. The number of rotatable bonds is 5. The van der Waals surface area contributed by atoms with Gasteiger partial charge >= 0.3 is 0 Å². The van der Waals surface area contributed by atoms with E-state index < -0.39 is 11.8 Å². The summed E-state index contributed by atoms with van der Waals surface area (Å²) in [5.74, 6) is -1.13. The minimum Gasteiger partial charge on any atom is -0.322 e. The molecule has 6 nitrogen and oxygen atoms in total. The van der Waals surface area contributed by atoms with E-state index in [-0.39, 0.29) is 5.91 Å². The van der Waals surface area contributed by atoms with E-state index in [1.54, 1.807) is 42.5 Å². The minimum absolute atomic E-state index is 0.220. The molecule has 0 spiro atoms. The lowest BCUT2D eigenvalue weighted by atomic mass is 10.1. The molecule has 3 aromatic rings. The monoisotopic (exact) mass is 399 g/mol. The third-order valence-corrected chi connectivity index (χ3v) is 4.32. The molecular formula is C24H21N3O3. The van der Waals surface area contributed by atoms with E-state index in [2.05, 4.69) is 16.2 Å². The minimum atomic E-state index is -0.465. The van der Waals surface area contributed by atoms with Crippen LogP contribution in [-0.2, 0) is 4.79 Å². The summed E-state index contributed by atoms with van der Waals surface area (Å²) in [6, 6.07) is 23.0. The molecule has 0 saturated carbocycles. The zero-order chi connectivity index (χ0) is 21.3. The number of carbonyl (C=O) groups excluding carboxylic acids is 3. The molecule has 3 rings (SSSR count). The van der Waals surface area contributed by atoms with Crippen molar-refractivity contribution in [1.29, 1.82) is 0 Å². The van der Waals surface area contributed by atoms with Crippen molar-refractivity contribution in [3.8, 4) is 0 Å². The van der Waals surface area contributed by atoms with E-state index in [9.17, 15) is 14.4 Å². The molecule has 3 amide bonds. The van der Waals surface area contributed by atoms with Gasteiger partial charge in [0.1, 0.15) is 0 Å². The number of benzene rings is 3. The van der Waals surface area contributed by atoms with E-state index in [1.165, 1.54) is 6.08 Å². The van der Waals surface area contributed by atoms with Crippen molar-refractivity contribution < 1.29 is 14.4 Å². The number of hydrogen-bond acceptors (Lipinski definition) is 3. The Morgan fingerprint density at radius 3 is 2.10 bits per heavy atom. The topological polar surface area (TPSA) is 87.3 Å². The standard InChI is InChI=1S/C24H21N3O3/c1-17-7-5-6-10-21(17)24(30)25-20-14-12-19(13-15-20)23(29)27-26-22(28)16-11-18-8-3-2-4-9-18/h2-16H,1H3,(H,25,30)(H,26,28)(H,27,29)/b16-11+. The average Bonchev–Trinajstić information content (AvgIpc) is 2.77. The first-order chi connectivity index (χ1) is 14.5. The Labute approximate surface area is 174 Å². The van der Waals surface area contributed by atoms with Crippen LogP contribution in [0.25, 0.3) is 6.08 Å². The van der Waals surface area contributed by atoms with Gasteiger partial charge in [0.15, 0.2) is 0 Å². The maximum absolute atomic E-state index is 12.4. The molecule has 0 fully saturated rings. The molecule has 6 heteroatoms. The fraction of sp³-hybridized carbons (Fsp3) is 0.0417. The predicted molar refractivity (Wildman–Crippen MR) is 117 cm³/mol. The van der Waals surface area contributed by atoms with Crippen LogP contribution in [0.15, 0.2) is 84.9 Å². The lowest BCUT2D eigenvalue weighted by molar-refractivity contribution is -0.117. The second-order valence-electron chi connectivity index (χ2n) is 6.53. The molecule has 0 heterocycles. The highest BCUT2D eigenvalue weighted by Gasteiger charge is 2.10. The molecule has 0 saturated heterocycles. The molecule has 0 aromatic heterocycles. The maximum atomic E-state index is 12.4. The Hall–Kier alpha value is -4.19. The first-order valence-corrected chi connectivity index (χ1v) is 9.33. The van der Waals surface area contributed by atoms with Crippen LogP contribution in [0.1, 0.15) is 31.8 Å².